The Hall–Kier alpha value is -0.280. The van der Waals surface area contributed by atoms with Gasteiger partial charge in [-0.25, -0.2) is 0 Å². The van der Waals surface area contributed by atoms with Gasteiger partial charge in [-0.3, -0.25) is 0 Å². The summed E-state index contributed by atoms with van der Waals surface area (Å²) in [6.45, 7) is 0.0412. The number of hydrogen-bond donors (Lipinski definition) is 2. The third kappa shape index (κ3) is 2.85. The number of benzene rings is 1. The third-order valence-corrected chi connectivity index (χ3v) is 2.93. The molecular weight excluding hydrogens is 221 g/mol. The fourth-order valence-electron chi connectivity index (χ4n) is 1.19. The predicted molar refractivity (Wildman–Crippen MR) is 59.6 cm³/mol. The van der Waals surface area contributed by atoms with Crippen LogP contribution in [0.5, 0.6) is 0 Å². The summed E-state index contributed by atoms with van der Waals surface area (Å²) in [6, 6.07) is 9.49. The number of alkyl halides is 2. The quantitative estimate of drug-likeness (QED) is 0.779. The van der Waals surface area contributed by atoms with Crippen LogP contribution in [0.1, 0.15) is 5.56 Å². The molecule has 14 heavy (non-hydrogen) atoms. The molecule has 0 saturated heterocycles. The largest absolute Gasteiger partial charge is 0.385 e. The van der Waals surface area contributed by atoms with Gasteiger partial charge in [0, 0.05) is 13.0 Å². The molecule has 1 rings (SSSR count). The van der Waals surface area contributed by atoms with Crippen molar-refractivity contribution in [3.05, 3.63) is 35.9 Å². The number of rotatable bonds is 4. The molecule has 0 aromatic heterocycles. The Morgan fingerprint density at radius 3 is 2.29 bits per heavy atom. The van der Waals surface area contributed by atoms with Crippen LogP contribution in [0.2, 0.25) is 0 Å². The van der Waals surface area contributed by atoms with Gasteiger partial charge in [-0.15, -0.1) is 23.2 Å². The Kier molecular flexibility index (Phi) is 4.20. The van der Waals surface area contributed by atoms with Gasteiger partial charge in [-0.2, -0.15) is 0 Å². The van der Waals surface area contributed by atoms with Crippen molar-refractivity contribution in [3.8, 4) is 0 Å². The molecule has 0 radical (unpaired) electrons. The standard InChI is InChI=1S/C10H13Cl2NO/c11-9(12)10(14,7-13)6-8-4-2-1-3-5-8/h1-5,9,14H,6-7,13H2. The molecule has 4 heteroatoms. The van der Waals surface area contributed by atoms with Crippen LogP contribution >= 0.6 is 23.2 Å². The molecule has 0 spiro atoms. The fraction of sp³-hybridized carbons (Fsp3) is 0.400. The highest BCUT2D eigenvalue weighted by Crippen LogP contribution is 2.23. The van der Waals surface area contributed by atoms with Crippen LogP contribution in [0, 0.1) is 0 Å². The molecule has 0 fully saturated rings. The summed E-state index contributed by atoms with van der Waals surface area (Å²) in [6.07, 6.45) is 0.363. The number of aliphatic hydroxyl groups is 1. The van der Waals surface area contributed by atoms with Crippen LogP contribution in [0.3, 0.4) is 0 Å². The molecule has 1 aromatic carbocycles. The summed E-state index contributed by atoms with van der Waals surface area (Å²) in [5.74, 6) is 0. The first-order valence-electron chi connectivity index (χ1n) is 4.33. The van der Waals surface area contributed by atoms with Crippen LogP contribution in [-0.4, -0.2) is 22.1 Å². The second-order valence-corrected chi connectivity index (χ2v) is 4.37. The Balaban J connectivity index is 2.76. The van der Waals surface area contributed by atoms with Crippen LogP contribution in [-0.2, 0) is 6.42 Å². The maximum Gasteiger partial charge on any atom is 0.137 e. The van der Waals surface area contributed by atoms with Crippen LogP contribution in [0.25, 0.3) is 0 Å². The van der Waals surface area contributed by atoms with Crippen molar-refractivity contribution in [2.24, 2.45) is 5.73 Å². The smallest absolute Gasteiger partial charge is 0.137 e. The van der Waals surface area contributed by atoms with Gasteiger partial charge in [0.2, 0.25) is 0 Å². The molecule has 0 aliphatic carbocycles. The zero-order valence-electron chi connectivity index (χ0n) is 7.66. The monoisotopic (exact) mass is 233 g/mol. The third-order valence-electron chi connectivity index (χ3n) is 2.11. The lowest BCUT2D eigenvalue weighted by Gasteiger charge is -2.27. The van der Waals surface area contributed by atoms with Crippen LogP contribution in [0.15, 0.2) is 30.3 Å². The highest BCUT2D eigenvalue weighted by Gasteiger charge is 2.32. The zero-order chi connectivity index (χ0) is 10.6. The molecule has 0 amide bonds. The van der Waals surface area contributed by atoms with E-state index in [2.05, 4.69) is 0 Å². The van der Waals surface area contributed by atoms with Crippen molar-refractivity contribution in [3.63, 3.8) is 0 Å². The van der Waals surface area contributed by atoms with E-state index in [1.54, 1.807) is 0 Å². The lowest BCUT2D eigenvalue weighted by atomic mass is 9.96. The molecule has 0 saturated carbocycles. The molecule has 1 unspecified atom stereocenters. The Labute approximate surface area is 93.6 Å². The van der Waals surface area contributed by atoms with Crippen LogP contribution in [0.4, 0.5) is 0 Å². The van der Waals surface area contributed by atoms with E-state index in [4.69, 9.17) is 28.9 Å². The minimum Gasteiger partial charge on any atom is -0.385 e. The first-order chi connectivity index (χ1) is 6.58. The van der Waals surface area contributed by atoms with E-state index in [0.717, 1.165) is 5.56 Å². The Bertz CT molecular complexity index is 279. The summed E-state index contributed by atoms with van der Waals surface area (Å²) in [5.41, 5.74) is 5.16. The first-order valence-corrected chi connectivity index (χ1v) is 5.20. The Morgan fingerprint density at radius 2 is 1.86 bits per heavy atom. The number of halogens is 2. The summed E-state index contributed by atoms with van der Waals surface area (Å²) in [7, 11) is 0. The van der Waals surface area contributed by atoms with Crippen molar-refractivity contribution in [1.82, 2.24) is 0 Å². The average molecular weight is 234 g/mol. The van der Waals surface area contributed by atoms with Gasteiger partial charge in [0.15, 0.2) is 0 Å². The first kappa shape index (κ1) is 11.8. The Morgan fingerprint density at radius 1 is 1.29 bits per heavy atom. The van der Waals surface area contributed by atoms with E-state index in [1.165, 1.54) is 0 Å². The van der Waals surface area contributed by atoms with Gasteiger partial charge in [0.05, 0.1) is 0 Å². The van der Waals surface area contributed by atoms with E-state index in [0.29, 0.717) is 6.42 Å². The lowest BCUT2D eigenvalue weighted by Crippen LogP contribution is -2.45. The van der Waals surface area contributed by atoms with Gasteiger partial charge in [0.25, 0.3) is 0 Å². The van der Waals surface area contributed by atoms with Crippen molar-refractivity contribution < 1.29 is 5.11 Å². The van der Waals surface area contributed by atoms with Crippen molar-refractivity contribution in [1.29, 1.82) is 0 Å². The van der Waals surface area contributed by atoms with Gasteiger partial charge in [-0.1, -0.05) is 30.3 Å². The molecule has 0 aliphatic rings. The fourth-order valence-corrected chi connectivity index (χ4v) is 1.52. The topological polar surface area (TPSA) is 46.2 Å². The molecule has 0 bridgehead atoms. The predicted octanol–water partition coefficient (Wildman–Crippen LogP) is 1.72. The average Bonchev–Trinajstić information content (AvgIpc) is 2.19. The molecule has 1 aromatic rings. The summed E-state index contributed by atoms with van der Waals surface area (Å²) in [5, 5.41) is 9.96. The van der Waals surface area contributed by atoms with E-state index < -0.39 is 10.4 Å². The molecule has 0 aliphatic heterocycles. The number of hydrogen-bond acceptors (Lipinski definition) is 2. The van der Waals surface area contributed by atoms with Gasteiger partial charge in [0.1, 0.15) is 10.4 Å². The maximum atomic E-state index is 9.96. The summed E-state index contributed by atoms with van der Waals surface area (Å²) >= 11 is 11.3. The maximum absolute atomic E-state index is 9.96. The second-order valence-electron chi connectivity index (χ2n) is 3.27. The van der Waals surface area contributed by atoms with Crippen molar-refractivity contribution in [2.45, 2.75) is 16.9 Å². The minimum atomic E-state index is -1.25. The van der Waals surface area contributed by atoms with E-state index in [9.17, 15) is 5.11 Å². The zero-order valence-corrected chi connectivity index (χ0v) is 9.17. The minimum absolute atomic E-state index is 0.0412. The van der Waals surface area contributed by atoms with E-state index in [-0.39, 0.29) is 6.54 Å². The van der Waals surface area contributed by atoms with E-state index >= 15 is 0 Å². The lowest BCUT2D eigenvalue weighted by molar-refractivity contribution is 0.0635. The normalized spacial score (nSPS) is 15.5. The van der Waals surface area contributed by atoms with E-state index in [1.807, 2.05) is 30.3 Å². The van der Waals surface area contributed by atoms with Crippen molar-refractivity contribution >= 4 is 23.2 Å². The molecule has 2 nitrogen and oxygen atoms in total. The number of nitrogens with two attached hydrogens (primary N) is 1. The summed E-state index contributed by atoms with van der Waals surface area (Å²) < 4.78 is 0. The molecule has 78 valence electrons. The van der Waals surface area contributed by atoms with Crippen molar-refractivity contribution in [2.75, 3.05) is 6.54 Å². The highest BCUT2D eigenvalue weighted by atomic mass is 35.5. The van der Waals surface area contributed by atoms with Crippen LogP contribution < -0.4 is 5.73 Å². The SMILES string of the molecule is NCC(O)(Cc1ccccc1)C(Cl)Cl. The second kappa shape index (κ2) is 4.99. The summed E-state index contributed by atoms with van der Waals surface area (Å²) in [4.78, 5) is -0.882. The highest BCUT2D eigenvalue weighted by molar-refractivity contribution is 6.45. The molecule has 1 atom stereocenters. The van der Waals surface area contributed by atoms with Gasteiger partial charge >= 0.3 is 0 Å². The molecular formula is C10H13Cl2NO. The van der Waals surface area contributed by atoms with Gasteiger partial charge < -0.3 is 10.8 Å². The molecule has 0 heterocycles. The molecule has 3 N–H and O–H groups in total. The van der Waals surface area contributed by atoms with Gasteiger partial charge in [-0.05, 0) is 5.56 Å².